The number of imide groups is 1. The molecule has 0 radical (unpaired) electrons. The van der Waals surface area contributed by atoms with Crippen molar-refractivity contribution in [2.24, 2.45) is 0 Å². The van der Waals surface area contributed by atoms with Crippen molar-refractivity contribution < 1.29 is 14.4 Å². The molecule has 1 aromatic heterocycles. The molecule has 4 rings (SSSR count). The molecule has 1 aliphatic heterocycles. The molecule has 9 heteroatoms. The van der Waals surface area contributed by atoms with Crippen molar-refractivity contribution >= 4 is 51.6 Å². The Hall–Kier alpha value is -3.65. The van der Waals surface area contributed by atoms with Crippen molar-refractivity contribution in [3.8, 4) is 0 Å². The minimum absolute atomic E-state index is 0.316. The van der Waals surface area contributed by atoms with Crippen LogP contribution in [0, 0.1) is 0 Å². The highest BCUT2D eigenvalue weighted by molar-refractivity contribution is 6.31. The van der Waals surface area contributed by atoms with E-state index in [9.17, 15) is 14.4 Å². The molecule has 0 fully saturated rings. The van der Waals surface area contributed by atoms with Crippen LogP contribution in [0.1, 0.15) is 34.6 Å². The first kappa shape index (κ1) is 23.5. The Bertz CT molecular complexity index is 1260. The summed E-state index contributed by atoms with van der Waals surface area (Å²) in [6.45, 7) is 6.11. The van der Waals surface area contributed by atoms with E-state index >= 15 is 0 Å². The Morgan fingerprint density at radius 3 is 2.53 bits per heavy atom. The summed E-state index contributed by atoms with van der Waals surface area (Å²) in [5, 5.41) is 7.56. The van der Waals surface area contributed by atoms with Gasteiger partial charge in [0.15, 0.2) is 0 Å². The summed E-state index contributed by atoms with van der Waals surface area (Å²) in [5.74, 6) is -1.28. The number of rotatable bonds is 9. The average molecular weight is 480 g/mol. The standard InChI is InChI=1S/C25H26ClN5O3/c1-3-30(4-2)17-6-8-18-20(14-17)25(34)31(24(18)33)15-23(32)29-12-11-28-21-9-10-27-22-13-16(26)5-7-19(21)22/h5-10,13-14H,3-4,11-12,15H2,1-2H3,(H,27,28)(H,29,32). The smallest absolute Gasteiger partial charge is 0.262 e. The van der Waals surface area contributed by atoms with E-state index in [1.807, 2.05) is 32.0 Å². The average Bonchev–Trinajstić information content (AvgIpc) is 3.07. The number of nitrogens with zero attached hydrogens (tertiary/aromatic N) is 3. The van der Waals surface area contributed by atoms with Crippen molar-refractivity contribution in [1.29, 1.82) is 0 Å². The van der Waals surface area contributed by atoms with Crippen LogP contribution in [0.3, 0.4) is 0 Å². The normalized spacial score (nSPS) is 12.7. The number of halogens is 1. The molecule has 3 amide bonds. The molecule has 3 aromatic rings. The summed E-state index contributed by atoms with van der Waals surface area (Å²) in [7, 11) is 0. The van der Waals surface area contributed by atoms with E-state index in [-0.39, 0.29) is 6.54 Å². The molecule has 2 N–H and O–H groups in total. The van der Waals surface area contributed by atoms with E-state index in [0.717, 1.165) is 40.3 Å². The zero-order valence-electron chi connectivity index (χ0n) is 19.1. The van der Waals surface area contributed by atoms with Crippen LogP contribution in [0.15, 0.2) is 48.7 Å². The van der Waals surface area contributed by atoms with Crippen molar-refractivity contribution in [3.63, 3.8) is 0 Å². The zero-order chi connectivity index (χ0) is 24.2. The lowest BCUT2D eigenvalue weighted by molar-refractivity contribution is -0.121. The summed E-state index contributed by atoms with van der Waals surface area (Å²) in [5.41, 5.74) is 3.21. The lowest BCUT2D eigenvalue weighted by Crippen LogP contribution is -2.41. The maximum absolute atomic E-state index is 12.8. The Balaban J connectivity index is 1.33. The van der Waals surface area contributed by atoms with Gasteiger partial charge in [-0.3, -0.25) is 24.3 Å². The molecular formula is C25H26ClN5O3. The molecule has 0 saturated heterocycles. The lowest BCUT2D eigenvalue weighted by Gasteiger charge is -2.21. The second-order valence-corrected chi connectivity index (χ2v) is 8.33. The van der Waals surface area contributed by atoms with Gasteiger partial charge in [0.25, 0.3) is 11.8 Å². The fourth-order valence-corrected chi connectivity index (χ4v) is 4.25. The largest absolute Gasteiger partial charge is 0.383 e. The van der Waals surface area contributed by atoms with Gasteiger partial charge in [-0.25, -0.2) is 0 Å². The third kappa shape index (κ3) is 4.68. The number of benzene rings is 2. The summed E-state index contributed by atoms with van der Waals surface area (Å²) in [6, 6.07) is 12.6. The molecule has 0 saturated carbocycles. The second-order valence-electron chi connectivity index (χ2n) is 7.90. The summed E-state index contributed by atoms with van der Waals surface area (Å²) >= 11 is 6.03. The van der Waals surface area contributed by atoms with Crippen LogP contribution in [-0.2, 0) is 4.79 Å². The van der Waals surface area contributed by atoms with Gasteiger partial charge in [-0.15, -0.1) is 0 Å². The number of fused-ring (bicyclic) bond motifs is 2. The maximum atomic E-state index is 12.8. The minimum Gasteiger partial charge on any atom is -0.383 e. The van der Waals surface area contributed by atoms with Crippen molar-refractivity contribution in [3.05, 3.63) is 64.8 Å². The van der Waals surface area contributed by atoms with E-state index < -0.39 is 17.7 Å². The van der Waals surface area contributed by atoms with Crippen molar-refractivity contribution in [1.82, 2.24) is 15.2 Å². The molecule has 0 unspecified atom stereocenters. The maximum Gasteiger partial charge on any atom is 0.262 e. The van der Waals surface area contributed by atoms with Gasteiger partial charge in [-0.05, 0) is 56.3 Å². The lowest BCUT2D eigenvalue weighted by atomic mass is 10.1. The fraction of sp³-hybridized carbons (Fsp3) is 0.280. The monoisotopic (exact) mass is 479 g/mol. The number of pyridine rings is 1. The van der Waals surface area contributed by atoms with Gasteiger partial charge in [-0.2, -0.15) is 0 Å². The zero-order valence-corrected chi connectivity index (χ0v) is 19.9. The van der Waals surface area contributed by atoms with Gasteiger partial charge in [0.05, 0.1) is 16.6 Å². The number of carbonyl (C=O) groups is 3. The molecule has 2 heterocycles. The highest BCUT2D eigenvalue weighted by Crippen LogP contribution is 2.27. The SMILES string of the molecule is CCN(CC)c1ccc2c(c1)C(=O)N(CC(=O)NCCNc1ccnc3cc(Cl)ccc13)C2=O. The highest BCUT2D eigenvalue weighted by atomic mass is 35.5. The van der Waals surface area contributed by atoms with Crippen LogP contribution in [0.4, 0.5) is 11.4 Å². The van der Waals surface area contributed by atoms with E-state index in [1.165, 1.54) is 0 Å². The van der Waals surface area contributed by atoms with Crippen LogP contribution < -0.4 is 15.5 Å². The second kappa shape index (κ2) is 10.1. The topological polar surface area (TPSA) is 94.6 Å². The van der Waals surface area contributed by atoms with E-state index in [1.54, 1.807) is 30.5 Å². The minimum atomic E-state index is -0.443. The molecule has 0 spiro atoms. The fourth-order valence-electron chi connectivity index (χ4n) is 4.08. The van der Waals surface area contributed by atoms with Gasteiger partial charge in [0.2, 0.25) is 5.91 Å². The Morgan fingerprint density at radius 1 is 1.00 bits per heavy atom. The van der Waals surface area contributed by atoms with Crippen LogP contribution in [0.5, 0.6) is 0 Å². The van der Waals surface area contributed by atoms with Gasteiger partial charge in [0, 0.05) is 54.2 Å². The van der Waals surface area contributed by atoms with Crippen LogP contribution in [0.2, 0.25) is 5.02 Å². The van der Waals surface area contributed by atoms with E-state index in [0.29, 0.717) is 29.2 Å². The number of amides is 3. The van der Waals surface area contributed by atoms with Gasteiger partial charge in [0.1, 0.15) is 6.54 Å². The van der Waals surface area contributed by atoms with Gasteiger partial charge >= 0.3 is 0 Å². The molecule has 1 aliphatic rings. The molecule has 0 bridgehead atoms. The summed E-state index contributed by atoms with van der Waals surface area (Å²) < 4.78 is 0. The quantitative estimate of drug-likeness (QED) is 0.360. The number of hydrogen-bond acceptors (Lipinski definition) is 6. The van der Waals surface area contributed by atoms with E-state index in [2.05, 4.69) is 20.5 Å². The van der Waals surface area contributed by atoms with E-state index in [4.69, 9.17) is 11.6 Å². The molecular weight excluding hydrogens is 454 g/mol. The van der Waals surface area contributed by atoms with Crippen molar-refractivity contribution in [2.75, 3.05) is 42.9 Å². The van der Waals surface area contributed by atoms with Gasteiger partial charge < -0.3 is 15.5 Å². The first-order valence-electron chi connectivity index (χ1n) is 11.2. The molecule has 34 heavy (non-hydrogen) atoms. The highest BCUT2D eigenvalue weighted by Gasteiger charge is 2.37. The molecule has 2 aromatic carbocycles. The third-order valence-electron chi connectivity index (χ3n) is 5.85. The number of carbonyl (C=O) groups excluding carboxylic acids is 3. The number of anilines is 2. The number of aromatic nitrogens is 1. The van der Waals surface area contributed by atoms with Crippen LogP contribution in [-0.4, -0.2) is 60.3 Å². The van der Waals surface area contributed by atoms with Crippen LogP contribution >= 0.6 is 11.6 Å². The molecule has 8 nitrogen and oxygen atoms in total. The first-order valence-corrected chi connectivity index (χ1v) is 11.6. The molecule has 0 atom stereocenters. The van der Waals surface area contributed by atoms with Crippen LogP contribution in [0.25, 0.3) is 10.9 Å². The summed E-state index contributed by atoms with van der Waals surface area (Å²) in [6.07, 6.45) is 1.69. The van der Waals surface area contributed by atoms with Crippen molar-refractivity contribution in [2.45, 2.75) is 13.8 Å². The predicted molar refractivity (Wildman–Crippen MR) is 134 cm³/mol. The first-order chi connectivity index (χ1) is 16.4. The van der Waals surface area contributed by atoms with Gasteiger partial charge in [-0.1, -0.05) is 11.6 Å². The predicted octanol–water partition coefficient (Wildman–Crippen LogP) is 3.56. The Labute approximate surface area is 202 Å². The molecule has 0 aliphatic carbocycles. The number of hydrogen-bond donors (Lipinski definition) is 2. The molecule has 176 valence electrons. The Morgan fingerprint density at radius 2 is 1.76 bits per heavy atom. The third-order valence-corrected chi connectivity index (χ3v) is 6.09. The summed E-state index contributed by atoms with van der Waals surface area (Å²) in [4.78, 5) is 45.4. The number of nitrogens with one attached hydrogen (secondary N) is 2. The Kier molecular flexibility index (Phi) is 6.98.